The van der Waals surface area contributed by atoms with E-state index in [0.717, 1.165) is 10.7 Å². The van der Waals surface area contributed by atoms with Crippen LogP contribution in [0.15, 0.2) is 5.38 Å². The highest BCUT2D eigenvalue weighted by atomic mass is 32.2. The van der Waals surface area contributed by atoms with Crippen LogP contribution in [0.1, 0.15) is 30.1 Å². The summed E-state index contributed by atoms with van der Waals surface area (Å²) in [6.45, 7) is 3.88. The van der Waals surface area contributed by atoms with E-state index in [0.29, 0.717) is 0 Å². The molecule has 2 heterocycles. The molecule has 0 radical (unpaired) electrons. The molecule has 18 heavy (non-hydrogen) atoms. The zero-order chi connectivity index (χ0) is 13.5. The number of sulfonamides is 1. The third kappa shape index (κ3) is 2.55. The zero-order valence-electron chi connectivity index (χ0n) is 10.2. The molecule has 1 amide bonds. The van der Waals surface area contributed by atoms with Gasteiger partial charge >= 0.3 is 0 Å². The van der Waals surface area contributed by atoms with Crippen LogP contribution in [0.4, 0.5) is 0 Å². The van der Waals surface area contributed by atoms with Gasteiger partial charge in [-0.1, -0.05) is 0 Å². The highest BCUT2D eigenvalue weighted by molar-refractivity contribution is 7.89. The minimum atomic E-state index is -3.66. The summed E-state index contributed by atoms with van der Waals surface area (Å²) in [5, 5.41) is 7.10. The molecule has 0 aliphatic carbocycles. The van der Waals surface area contributed by atoms with Gasteiger partial charge in [-0.3, -0.25) is 4.79 Å². The molecule has 2 unspecified atom stereocenters. The van der Waals surface area contributed by atoms with Gasteiger partial charge < -0.3 is 4.90 Å². The van der Waals surface area contributed by atoms with E-state index >= 15 is 0 Å². The van der Waals surface area contributed by atoms with E-state index in [1.54, 1.807) is 0 Å². The van der Waals surface area contributed by atoms with E-state index in [1.807, 2.05) is 19.2 Å². The lowest BCUT2D eigenvalue weighted by Gasteiger charge is -2.23. The molecule has 6 nitrogen and oxygen atoms in total. The molecule has 1 fully saturated rings. The van der Waals surface area contributed by atoms with Crippen molar-refractivity contribution in [2.45, 2.75) is 31.6 Å². The molecule has 100 valence electrons. The van der Waals surface area contributed by atoms with E-state index in [2.05, 4.69) is 4.98 Å². The van der Waals surface area contributed by atoms with Crippen LogP contribution in [0.3, 0.4) is 0 Å². The van der Waals surface area contributed by atoms with Crippen LogP contribution in [0.2, 0.25) is 0 Å². The fourth-order valence-electron chi connectivity index (χ4n) is 2.02. The molecule has 1 aliphatic rings. The summed E-state index contributed by atoms with van der Waals surface area (Å²) in [6.07, 6.45) is -0.0354. The predicted molar refractivity (Wildman–Crippen MR) is 68.5 cm³/mol. The second-order valence-electron chi connectivity index (χ2n) is 4.43. The minimum absolute atomic E-state index is 0.0354. The smallest absolute Gasteiger partial charge is 0.224 e. The van der Waals surface area contributed by atoms with E-state index in [-0.39, 0.29) is 24.9 Å². The molecule has 2 atom stereocenters. The van der Waals surface area contributed by atoms with Gasteiger partial charge in [0, 0.05) is 18.3 Å². The Morgan fingerprint density at radius 3 is 2.72 bits per heavy atom. The predicted octanol–water partition coefficient (Wildman–Crippen LogP) is 0.402. The Bertz CT molecular complexity index is 567. The number of nitrogens with zero attached hydrogens (tertiary/aromatic N) is 2. The van der Waals surface area contributed by atoms with Gasteiger partial charge in [0.15, 0.2) is 0 Å². The number of aryl methyl sites for hydroxylation is 1. The molecule has 0 bridgehead atoms. The summed E-state index contributed by atoms with van der Waals surface area (Å²) < 4.78 is 22.5. The molecule has 1 saturated heterocycles. The van der Waals surface area contributed by atoms with Gasteiger partial charge in [-0.05, 0) is 13.8 Å². The van der Waals surface area contributed by atoms with Gasteiger partial charge in [0.1, 0.15) is 5.25 Å². The normalized spacial score (nSPS) is 22.5. The average molecular weight is 289 g/mol. The summed E-state index contributed by atoms with van der Waals surface area (Å²) >= 11 is 1.51. The Morgan fingerprint density at radius 1 is 1.61 bits per heavy atom. The van der Waals surface area contributed by atoms with Gasteiger partial charge in [0.2, 0.25) is 15.9 Å². The minimum Gasteiger partial charge on any atom is -0.333 e. The lowest BCUT2D eigenvalue weighted by molar-refractivity contribution is -0.129. The van der Waals surface area contributed by atoms with Crippen molar-refractivity contribution >= 4 is 27.3 Å². The van der Waals surface area contributed by atoms with Crippen LogP contribution in [-0.4, -0.2) is 36.0 Å². The van der Waals surface area contributed by atoms with Crippen molar-refractivity contribution in [2.75, 3.05) is 6.54 Å². The number of hydrogen-bond acceptors (Lipinski definition) is 5. The van der Waals surface area contributed by atoms with Gasteiger partial charge in [0.25, 0.3) is 0 Å². The second kappa shape index (κ2) is 4.60. The molecule has 2 N–H and O–H groups in total. The molecule has 1 aromatic heterocycles. The van der Waals surface area contributed by atoms with Crippen molar-refractivity contribution in [2.24, 2.45) is 5.14 Å². The van der Waals surface area contributed by atoms with Crippen LogP contribution in [0.25, 0.3) is 0 Å². The lowest BCUT2D eigenvalue weighted by atomic mass is 10.2. The Hall–Kier alpha value is -0.990. The summed E-state index contributed by atoms with van der Waals surface area (Å²) in [5.41, 5.74) is 0.793. The molecule has 1 aliphatic heterocycles. The van der Waals surface area contributed by atoms with Crippen molar-refractivity contribution in [1.29, 1.82) is 0 Å². The third-order valence-corrected chi connectivity index (χ3v) is 5.16. The Kier molecular flexibility index (Phi) is 3.43. The van der Waals surface area contributed by atoms with E-state index in [4.69, 9.17) is 5.14 Å². The monoisotopic (exact) mass is 289 g/mol. The number of likely N-dealkylation sites (tertiary alicyclic amines) is 1. The summed E-state index contributed by atoms with van der Waals surface area (Å²) in [7, 11) is -3.66. The summed E-state index contributed by atoms with van der Waals surface area (Å²) in [4.78, 5) is 17.7. The molecular formula is C10H15N3O3S2. The average Bonchev–Trinajstić information content (AvgIpc) is 2.83. The van der Waals surface area contributed by atoms with Crippen LogP contribution >= 0.6 is 11.3 Å². The fraction of sp³-hybridized carbons (Fsp3) is 0.600. The Balaban J connectivity index is 2.18. The van der Waals surface area contributed by atoms with Crippen molar-refractivity contribution in [1.82, 2.24) is 9.88 Å². The molecule has 0 spiro atoms. The highest BCUT2D eigenvalue weighted by Crippen LogP contribution is 2.28. The van der Waals surface area contributed by atoms with Gasteiger partial charge in [-0.25, -0.2) is 18.5 Å². The highest BCUT2D eigenvalue weighted by Gasteiger charge is 2.39. The molecule has 0 saturated carbocycles. The van der Waals surface area contributed by atoms with Crippen molar-refractivity contribution in [3.63, 3.8) is 0 Å². The first kappa shape index (κ1) is 13.4. The third-order valence-electron chi connectivity index (χ3n) is 3.12. The summed E-state index contributed by atoms with van der Waals surface area (Å²) in [5.74, 6) is -0.188. The van der Waals surface area contributed by atoms with Crippen molar-refractivity contribution in [3.05, 3.63) is 16.1 Å². The van der Waals surface area contributed by atoms with Gasteiger partial charge in [0.05, 0.1) is 16.7 Å². The molecule has 1 aromatic rings. The lowest BCUT2D eigenvalue weighted by Crippen LogP contribution is -2.33. The molecule has 2 rings (SSSR count). The van der Waals surface area contributed by atoms with E-state index in [1.165, 1.54) is 16.2 Å². The Labute approximate surface area is 110 Å². The second-order valence-corrected chi connectivity index (χ2v) is 7.34. The quantitative estimate of drug-likeness (QED) is 0.871. The van der Waals surface area contributed by atoms with Crippen LogP contribution in [0, 0.1) is 6.92 Å². The topological polar surface area (TPSA) is 93.4 Å². The first-order valence-corrected chi connectivity index (χ1v) is 8.01. The fourth-order valence-corrected chi connectivity index (χ4v) is 3.47. The van der Waals surface area contributed by atoms with Crippen molar-refractivity contribution < 1.29 is 13.2 Å². The maximum atomic E-state index is 11.8. The van der Waals surface area contributed by atoms with Crippen LogP contribution in [-0.2, 0) is 14.8 Å². The van der Waals surface area contributed by atoms with Crippen LogP contribution in [0.5, 0.6) is 0 Å². The van der Waals surface area contributed by atoms with Gasteiger partial charge in [-0.2, -0.15) is 0 Å². The van der Waals surface area contributed by atoms with E-state index in [9.17, 15) is 13.2 Å². The number of aromatic nitrogens is 1. The number of thiazole rings is 1. The largest absolute Gasteiger partial charge is 0.333 e. The number of amides is 1. The molecule has 8 heteroatoms. The SMILES string of the molecule is Cc1nc(C(C)N2CC(S(N)(=O)=O)CC2=O)cs1. The van der Waals surface area contributed by atoms with Crippen LogP contribution < -0.4 is 5.14 Å². The van der Waals surface area contributed by atoms with E-state index < -0.39 is 15.3 Å². The summed E-state index contributed by atoms with van der Waals surface area (Å²) in [6, 6.07) is -0.214. The number of primary sulfonamides is 1. The number of hydrogen-bond donors (Lipinski definition) is 1. The van der Waals surface area contributed by atoms with Crippen molar-refractivity contribution in [3.8, 4) is 0 Å². The number of rotatable bonds is 3. The first-order chi connectivity index (χ1) is 8.29. The maximum absolute atomic E-state index is 11.8. The zero-order valence-corrected chi connectivity index (χ0v) is 11.8. The van der Waals surface area contributed by atoms with Gasteiger partial charge in [-0.15, -0.1) is 11.3 Å². The maximum Gasteiger partial charge on any atom is 0.224 e. The number of carbonyl (C=O) groups is 1. The standard InChI is InChI=1S/C10H15N3O3S2/c1-6(9-5-17-7(2)12-9)13-4-8(3-10(13)14)18(11,15)16/h5-6,8H,3-4H2,1-2H3,(H2,11,15,16). The number of nitrogens with two attached hydrogens (primary N) is 1. The Morgan fingerprint density at radius 2 is 2.28 bits per heavy atom. The number of carbonyl (C=O) groups excluding carboxylic acids is 1. The molecular weight excluding hydrogens is 274 g/mol. The molecule has 0 aromatic carbocycles. The first-order valence-electron chi connectivity index (χ1n) is 5.52.